The van der Waals surface area contributed by atoms with Crippen molar-refractivity contribution in [3.63, 3.8) is 0 Å². The Morgan fingerprint density at radius 1 is 1.26 bits per heavy atom. The van der Waals surface area contributed by atoms with Crippen LogP contribution in [-0.4, -0.2) is 44.1 Å². The van der Waals surface area contributed by atoms with Gasteiger partial charge in [0.25, 0.3) is 0 Å². The van der Waals surface area contributed by atoms with E-state index >= 15 is 0 Å². The SMILES string of the molecule is CN=C(NCCN1CCC(C)CC1)NCc1ccccc1F.I. The van der Waals surface area contributed by atoms with E-state index in [1.807, 2.05) is 6.07 Å². The molecule has 0 aromatic heterocycles. The van der Waals surface area contributed by atoms with Gasteiger partial charge < -0.3 is 15.5 Å². The van der Waals surface area contributed by atoms with Crippen LogP contribution in [0.4, 0.5) is 4.39 Å². The molecule has 1 saturated heterocycles. The first kappa shape index (κ1) is 20.2. The molecule has 0 amide bonds. The highest BCUT2D eigenvalue weighted by Crippen LogP contribution is 2.15. The minimum atomic E-state index is -0.187. The Kier molecular flexibility index (Phi) is 9.47. The summed E-state index contributed by atoms with van der Waals surface area (Å²) < 4.78 is 13.6. The molecule has 23 heavy (non-hydrogen) atoms. The minimum absolute atomic E-state index is 0. The Morgan fingerprint density at radius 2 is 1.96 bits per heavy atom. The Labute approximate surface area is 156 Å². The predicted molar refractivity (Wildman–Crippen MR) is 105 cm³/mol. The number of likely N-dealkylation sites (tertiary alicyclic amines) is 1. The Balaban J connectivity index is 0.00000264. The number of nitrogens with zero attached hydrogens (tertiary/aromatic N) is 2. The number of piperidine rings is 1. The van der Waals surface area contributed by atoms with Crippen LogP contribution in [0.2, 0.25) is 0 Å². The number of rotatable bonds is 5. The van der Waals surface area contributed by atoms with E-state index in [1.165, 1.54) is 32.0 Å². The average molecular weight is 434 g/mol. The highest BCUT2D eigenvalue weighted by Gasteiger charge is 2.14. The number of aliphatic imine (C=N–C) groups is 1. The van der Waals surface area contributed by atoms with E-state index in [4.69, 9.17) is 0 Å². The van der Waals surface area contributed by atoms with Crippen LogP contribution in [0.25, 0.3) is 0 Å². The van der Waals surface area contributed by atoms with Gasteiger partial charge in [-0.2, -0.15) is 0 Å². The lowest BCUT2D eigenvalue weighted by Crippen LogP contribution is -2.43. The van der Waals surface area contributed by atoms with Gasteiger partial charge in [0.15, 0.2) is 5.96 Å². The molecule has 1 aliphatic rings. The van der Waals surface area contributed by atoms with Crippen LogP contribution in [0, 0.1) is 11.7 Å². The summed E-state index contributed by atoms with van der Waals surface area (Å²) in [5.41, 5.74) is 0.649. The van der Waals surface area contributed by atoms with Gasteiger partial charge in [0.2, 0.25) is 0 Å². The maximum absolute atomic E-state index is 13.6. The highest BCUT2D eigenvalue weighted by atomic mass is 127. The van der Waals surface area contributed by atoms with Crippen LogP contribution in [0.3, 0.4) is 0 Å². The van der Waals surface area contributed by atoms with E-state index in [0.717, 1.165) is 19.0 Å². The lowest BCUT2D eigenvalue weighted by Gasteiger charge is -2.30. The van der Waals surface area contributed by atoms with Gasteiger partial charge in [-0.1, -0.05) is 25.1 Å². The lowest BCUT2D eigenvalue weighted by atomic mass is 9.99. The first-order chi connectivity index (χ1) is 10.7. The van der Waals surface area contributed by atoms with Crippen molar-refractivity contribution in [2.45, 2.75) is 26.3 Å². The van der Waals surface area contributed by atoms with Gasteiger partial charge in [-0.05, 0) is 37.9 Å². The van der Waals surface area contributed by atoms with E-state index in [1.54, 1.807) is 19.2 Å². The second kappa shape index (κ2) is 10.8. The standard InChI is InChI=1S/C17H27FN4.HI/c1-14-7-10-22(11-8-14)12-9-20-17(19-2)21-13-15-5-3-4-6-16(15)18;/h3-6,14H,7-13H2,1-2H3,(H2,19,20,21);1H. The number of guanidine groups is 1. The molecule has 6 heteroatoms. The topological polar surface area (TPSA) is 39.7 Å². The third-order valence-corrected chi connectivity index (χ3v) is 4.22. The normalized spacial score (nSPS) is 16.7. The lowest BCUT2D eigenvalue weighted by molar-refractivity contribution is 0.195. The van der Waals surface area contributed by atoms with Crippen molar-refractivity contribution in [2.24, 2.45) is 10.9 Å². The fraction of sp³-hybridized carbons (Fsp3) is 0.588. The molecule has 0 radical (unpaired) electrons. The van der Waals surface area contributed by atoms with Crippen molar-refractivity contribution in [1.29, 1.82) is 0 Å². The van der Waals surface area contributed by atoms with E-state index in [9.17, 15) is 4.39 Å². The van der Waals surface area contributed by atoms with Crippen molar-refractivity contribution < 1.29 is 4.39 Å². The van der Waals surface area contributed by atoms with Crippen molar-refractivity contribution in [3.05, 3.63) is 35.6 Å². The Morgan fingerprint density at radius 3 is 2.61 bits per heavy atom. The van der Waals surface area contributed by atoms with Crippen LogP contribution < -0.4 is 10.6 Å². The molecule has 0 unspecified atom stereocenters. The molecule has 2 rings (SSSR count). The van der Waals surface area contributed by atoms with E-state index < -0.39 is 0 Å². The molecule has 0 saturated carbocycles. The van der Waals surface area contributed by atoms with Crippen molar-refractivity contribution in [1.82, 2.24) is 15.5 Å². The largest absolute Gasteiger partial charge is 0.355 e. The van der Waals surface area contributed by atoms with Crippen LogP contribution in [0.1, 0.15) is 25.3 Å². The zero-order valence-corrected chi connectivity index (χ0v) is 16.3. The summed E-state index contributed by atoms with van der Waals surface area (Å²) in [6.45, 7) is 7.00. The van der Waals surface area contributed by atoms with Gasteiger partial charge in [-0.15, -0.1) is 24.0 Å². The quantitative estimate of drug-likeness (QED) is 0.426. The molecule has 1 aromatic carbocycles. The number of halogens is 2. The van der Waals surface area contributed by atoms with Crippen molar-refractivity contribution in [3.8, 4) is 0 Å². The molecule has 0 spiro atoms. The van der Waals surface area contributed by atoms with Crippen LogP contribution in [0.5, 0.6) is 0 Å². The fourth-order valence-corrected chi connectivity index (χ4v) is 2.66. The van der Waals surface area contributed by atoms with Crippen molar-refractivity contribution >= 4 is 29.9 Å². The Bertz CT molecular complexity index is 487. The predicted octanol–water partition coefficient (Wildman–Crippen LogP) is 2.84. The molecule has 4 nitrogen and oxygen atoms in total. The van der Waals surface area contributed by atoms with E-state index in [2.05, 4.69) is 27.4 Å². The molecule has 0 aliphatic carbocycles. The molecule has 2 N–H and O–H groups in total. The summed E-state index contributed by atoms with van der Waals surface area (Å²) in [5.74, 6) is 1.39. The van der Waals surface area contributed by atoms with Gasteiger partial charge >= 0.3 is 0 Å². The zero-order valence-electron chi connectivity index (χ0n) is 14.0. The summed E-state index contributed by atoms with van der Waals surface area (Å²) in [6, 6.07) is 6.80. The first-order valence-electron chi connectivity index (χ1n) is 8.09. The summed E-state index contributed by atoms with van der Waals surface area (Å²) in [5, 5.41) is 6.44. The second-order valence-electron chi connectivity index (χ2n) is 5.97. The summed E-state index contributed by atoms with van der Waals surface area (Å²) >= 11 is 0. The third kappa shape index (κ3) is 7.03. The van der Waals surface area contributed by atoms with Gasteiger partial charge in [-0.3, -0.25) is 4.99 Å². The number of hydrogen-bond acceptors (Lipinski definition) is 2. The highest BCUT2D eigenvalue weighted by molar-refractivity contribution is 14.0. The number of hydrogen-bond donors (Lipinski definition) is 2. The molecule has 1 aromatic rings. The van der Waals surface area contributed by atoms with Gasteiger partial charge in [0.05, 0.1) is 0 Å². The summed E-state index contributed by atoms with van der Waals surface area (Å²) in [6.07, 6.45) is 2.58. The van der Waals surface area contributed by atoms with Crippen LogP contribution in [-0.2, 0) is 6.54 Å². The van der Waals surface area contributed by atoms with Crippen molar-refractivity contribution in [2.75, 3.05) is 33.2 Å². The first-order valence-corrected chi connectivity index (χ1v) is 8.09. The molecule has 1 aliphatic heterocycles. The van der Waals surface area contributed by atoms with Gasteiger partial charge in [0.1, 0.15) is 5.82 Å². The average Bonchev–Trinajstić information content (AvgIpc) is 2.54. The molecule has 0 atom stereocenters. The molecule has 0 bridgehead atoms. The van der Waals surface area contributed by atoms with E-state index in [0.29, 0.717) is 18.1 Å². The third-order valence-electron chi connectivity index (χ3n) is 4.22. The molecular formula is C17H28FIN4. The second-order valence-corrected chi connectivity index (χ2v) is 5.97. The maximum Gasteiger partial charge on any atom is 0.191 e. The molecule has 1 heterocycles. The fourth-order valence-electron chi connectivity index (χ4n) is 2.66. The zero-order chi connectivity index (χ0) is 15.8. The number of nitrogens with one attached hydrogen (secondary N) is 2. The van der Waals surface area contributed by atoms with Crippen LogP contribution >= 0.6 is 24.0 Å². The maximum atomic E-state index is 13.6. The van der Waals surface area contributed by atoms with E-state index in [-0.39, 0.29) is 29.8 Å². The van der Waals surface area contributed by atoms with Crippen LogP contribution in [0.15, 0.2) is 29.3 Å². The number of benzene rings is 1. The minimum Gasteiger partial charge on any atom is -0.355 e. The monoisotopic (exact) mass is 434 g/mol. The Hall–Kier alpha value is -0.890. The molecular weight excluding hydrogens is 406 g/mol. The van der Waals surface area contributed by atoms with Gasteiger partial charge in [0, 0.05) is 32.2 Å². The van der Waals surface area contributed by atoms with Gasteiger partial charge in [-0.25, -0.2) is 4.39 Å². The summed E-state index contributed by atoms with van der Waals surface area (Å²) in [7, 11) is 1.74. The smallest absolute Gasteiger partial charge is 0.191 e. The molecule has 130 valence electrons. The summed E-state index contributed by atoms with van der Waals surface area (Å²) in [4.78, 5) is 6.66. The molecule has 1 fully saturated rings.